The van der Waals surface area contributed by atoms with Crippen molar-refractivity contribution >= 4 is 10.9 Å². The summed E-state index contributed by atoms with van der Waals surface area (Å²) in [5.74, 6) is 0. The molecule has 0 fully saturated rings. The first kappa shape index (κ1) is 17.5. The zero-order chi connectivity index (χ0) is 15.3. The van der Waals surface area contributed by atoms with Crippen molar-refractivity contribution < 1.29 is 4.74 Å². The molecule has 0 aliphatic carbocycles. The number of ether oxygens (including phenoxy) is 1. The topological polar surface area (TPSA) is 9.23 Å². The molecule has 0 radical (unpaired) electrons. The van der Waals surface area contributed by atoms with Crippen LogP contribution in [0.15, 0.2) is 76.4 Å². The molecule has 0 aromatic heterocycles. The van der Waals surface area contributed by atoms with E-state index in [9.17, 15) is 0 Å². The Morgan fingerprint density at radius 3 is 1.95 bits per heavy atom. The summed E-state index contributed by atoms with van der Waals surface area (Å²) >= 11 is 0. The molecule has 21 heavy (non-hydrogen) atoms. The van der Waals surface area contributed by atoms with Gasteiger partial charge in [0.2, 0.25) is 0 Å². The first-order chi connectivity index (χ1) is 10.3. The minimum atomic E-state index is -0.00925. The van der Waals surface area contributed by atoms with Gasteiger partial charge in [0.05, 0.1) is 17.5 Å². The molecular weight excluding hydrogens is 276 g/mol. The van der Waals surface area contributed by atoms with Crippen molar-refractivity contribution in [1.29, 1.82) is 0 Å². The van der Waals surface area contributed by atoms with E-state index in [0.29, 0.717) is 6.61 Å². The maximum absolute atomic E-state index is 5.43. The maximum Gasteiger partial charge on any atom is 0.165 e. The van der Waals surface area contributed by atoms with Gasteiger partial charge in [0, 0.05) is 6.61 Å². The van der Waals surface area contributed by atoms with Gasteiger partial charge in [-0.25, -0.2) is 0 Å². The Hall–Kier alpha value is -1.51. The van der Waals surface area contributed by atoms with Crippen LogP contribution in [0.25, 0.3) is 0 Å². The van der Waals surface area contributed by atoms with Crippen molar-refractivity contribution in [1.82, 2.24) is 0 Å². The van der Waals surface area contributed by atoms with Crippen LogP contribution in [0.1, 0.15) is 26.3 Å². The lowest BCUT2D eigenvalue weighted by molar-refractivity contribution is 0.134. The van der Waals surface area contributed by atoms with Crippen LogP contribution in [0.2, 0.25) is 0 Å². The minimum Gasteiger partial charge on any atom is -0.377 e. The monoisotopic (exact) mass is 301 g/mol. The van der Waals surface area contributed by atoms with E-state index < -0.39 is 0 Å². The van der Waals surface area contributed by atoms with Gasteiger partial charge < -0.3 is 4.74 Å². The molecule has 1 aromatic rings. The molecule has 2 heteroatoms. The van der Waals surface area contributed by atoms with Crippen LogP contribution in [0, 0.1) is 0 Å². The first-order valence-electron chi connectivity index (χ1n) is 7.29. The third-order valence-electron chi connectivity index (χ3n) is 2.73. The molecule has 0 aliphatic heterocycles. The van der Waals surface area contributed by atoms with Crippen LogP contribution in [0.4, 0.5) is 0 Å². The van der Waals surface area contributed by atoms with Crippen LogP contribution >= 0.6 is 0 Å². The second-order valence-corrected chi connectivity index (χ2v) is 6.12. The second-order valence-electron chi connectivity index (χ2n) is 4.36. The number of rotatable bonds is 8. The van der Waals surface area contributed by atoms with Gasteiger partial charge in [0.1, 0.15) is 10.8 Å². The predicted molar refractivity (Wildman–Crippen MR) is 95.3 cm³/mol. The number of benzene rings is 1. The van der Waals surface area contributed by atoms with Crippen molar-refractivity contribution in [2.45, 2.75) is 32.3 Å². The van der Waals surface area contributed by atoms with Gasteiger partial charge in [-0.3, -0.25) is 0 Å². The Morgan fingerprint density at radius 1 is 0.905 bits per heavy atom. The lowest BCUT2D eigenvalue weighted by Crippen LogP contribution is -1.96. The standard InChI is InChI=1S/C19H25OS/c1-4-7-9-15-21(16-10-8-5-2)19-13-11-18(12-14-19)17-20-6-3/h4-5,7-16H,6,17H2,1-3H3/q+1/b7-4+,8-5+,15-9+,16-10+. The molecule has 1 aromatic carbocycles. The summed E-state index contributed by atoms with van der Waals surface area (Å²) in [5.41, 5.74) is 1.22. The van der Waals surface area contributed by atoms with Crippen LogP contribution in [0.3, 0.4) is 0 Å². The summed E-state index contributed by atoms with van der Waals surface area (Å²) in [6.07, 6.45) is 12.4. The minimum absolute atomic E-state index is 0.00925. The van der Waals surface area contributed by atoms with Crippen LogP contribution in [-0.2, 0) is 22.2 Å². The smallest absolute Gasteiger partial charge is 0.165 e. The van der Waals surface area contributed by atoms with Gasteiger partial charge in [-0.05, 0) is 50.6 Å². The number of allylic oxidation sites excluding steroid dienone is 6. The molecule has 1 nitrogen and oxygen atoms in total. The quantitative estimate of drug-likeness (QED) is 0.462. The van der Waals surface area contributed by atoms with Crippen molar-refractivity contribution in [2.24, 2.45) is 0 Å². The first-order valence-corrected chi connectivity index (χ1v) is 8.64. The molecule has 1 rings (SSSR count). The van der Waals surface area contributed by atoms with Crippen LogP contribution in [-0.4, -0.2) is 6.61 Å². The maximum atomic E-state index is 5.43. The van der Waals surface area contributed by atoms with E-state index in [4.69, 9.17) is 4.74 Å². The Balaban J connectivity index is 2.85. The summed E-state index contributed by atoms with van der Waals surface area (Å²) in [6, 6.07) is 8.69. The normalized spacial score (nSPS) is 12.8. The van der Waals surface area contributed by atoms with Crippen LogP contribution in [0.5, 0.6) is 0 Å². The highest BCUT2D eigenvalue weighted by atomic mass is 32.2. The fraction of sp³-hybridized carbons (Fsp3) is 0.263. The molecule has 0 heterocycles. The zero-order valence-electron chi connectivity index (χ0n) is 13.2. The summed E-state index contributed by atoms with van der Waals surface area (Å²) in [7, 11) is -0.00925. The third kappa shape index (κ3) is 7.16. The van der Waals surface area contributed by atoms with Crippen molar-refractivity contribution in [3.63, 3.8) is 0 Å². The van der Waals surface area contributed by atoms with Gasteiger partial charge in [-0.15, -0.1) is 0 Å². The Labute approximate surface area is 132 Å². The van der Waals surface area contributed by atoms with Gasteiger partial charge in [0.15, 0.2) is 4.90 Å². The fourth-order valence-electron chi connectivity index (χ4n) is 1.65. The molecule has 0 unspecified atom stereocenters. The number of hydrogen-bond acceptors (Lipinski definition) is 1. The number of hydrogen-bond donors (Lipinski definition) is 0. The van der Waals surface area contributed by atoms with E-state index in [1.807, 2.05) is 32.9 Å². The van der Waals surface area contributed by atoms with E-state index in [0.717, 1.165) is 6.61 Å². The van der Waals surface area contributed by atoms with E-state index in [-0.39, 0.29) is 10.9 Å². The fourth-order valence-corrected chi connectivity index (χ4v) is 3.02. The van der Waals surface area contributed by atoms with E-state index in [1.165, 1.54) is 10.5 Å². The summed E-state index contributed by atoms with van der Waals surface area (Å²) in [6.45, 7) is 7.52. The van der Waals surface area contributed by atoms with E-state index in [1.54, 1.807) is 0 Å². The highest BCUT2D eigenvalue weighted by Crippen LogP contribution is 2.18. The van der Waals surface area contributed by atoms with Crippen molar-refractivity contribution in [2.75, 3.05) is 6.61 Å². The highest BCUT2D eigenvalue weighted by molar-refractivity contribution is 8.02. The van der Waals surface area contributed by atoms with Crippen LogP contribution < -0.4 is 0 Å². The molecule has 0 saturated carbocycles. The van der Waals surface area contributed by atoms with E-state index in [2.05, 4.69) is 59.4 Å². The highest BCUT2D eigenvalue weighted by Gasteiger charge is 2.14. The predicted octanol–water partition coefficient (Wildman–Crippen LogP) is 5.38. The van der Waals surface area contributed by atoms with Gasteiger partial charge in [-0.1, -0.05) is 36.4 Å². The average molecular weight is 301 g/mol. The molecule has 0 atom stereocenters. The van der Waals surface area contributed by atoms with E-state index >= 15 is 0 Å². The molecular formula is C19H25OS+. The average Bonchev–Trinajstić information content (AvgIpc) is 2.52. The molecule has 0 aliphatic rings. The summed E-state index contributed by atoms with van der Waals surface area (Å²) in [4.78, 5) is 1.32. The largest absolute Gasteiger partial charge is 0.377 e. The molecule has 0 spiro atoms. The van der Waals surface area contributed by atoms with Crippen molar-refractivity contribution in [3.8, 4) is 0 Å². The van der Waals surface area contributed by atoms with Crippen molar-refractivity contribution in [3.05, 3.63) is 77.1 Å². The zero-order valence-corrected chi connectivity index (χ0v) is 14.0. The Kier molecular flexibility index (Phi) is 9.34. The Morgan fingerprint density at radius 2 is 1.48 bits per heavy atom. The molecule has 0 saturated heterocycles. The lowest BCUT2D eigenvalue weighted by atomic mass is 10.2. The Bertz CT molecular complexity index is 473. The van der Waals surface area contributed by atoms with Gasteiger partial charge in [0.25, 0.3) is 0 Å². The molecule has 0 bridgehead atoms. The molecule has 0 amide bonds. The molecule has 0 N–H and O–H groups in total. The SMILES string of the molecule is C/C=C/C=C/[S+](/C=C/C=C/C)c1ccc(COCC)cc1. The third-order valence-corrected chi connectivity index (χ3v) is 4.44. The summed E-state index contributed by atoms with van der Waals surface area (Å²) in [5, 5.41) is 4.47. The van der Waals surface area contributed by atoms with Gasteiger partial charge >= 0.3 is 0 Å². The second kappa shape index (κ2) is 11.2. The van der Waals surface area contributed by atoms with Gasteiger partial charge in [-0.2, -0.15) is 0 Å². The molecule has 112 valence electrons. The lowest BCUT2D eigenvalue weighted by Gasteiger charge is -2.02. The summed E-state index contributed by atoms with van der Waals surface area (Å²) < 4.78 is 5.43.